The minimum Gasteiger partial charge on any atom is -0.326 e. The van der Waals surface area contributed by atoms with Crippen molar-refractivity contribution in [2.75, 3.05) is 10.6 Å². The van der Waals surface area contributed by atoms with Crippen molar-refractivity contribution in [1.82, 2.24) is 0 Å². The lowest BCUT2D eigenvalue weighted by atomic mass is 10.1. The van der Waals surface area contributed by atoms with Gasteiger partial charge in [-0.25, -0.2) is 9.59 Å². The van der Waals surface area contributed by atoms with Gasteiger partial charge < -0.3 is 20.4 Å². The van der Waals surface area contributed by atoms with Crippen molar-refractivity contribution in [2.24, 2.45) is 0 Å². The summed E-state index contributed by atoms with van der Waals surface area (Å²) in [5.74, 6) is -1.39. The van der Waals surface area contributed by atoms with Crippen molar-refractivity contribution in [3.05, 3.63) is 59.7 Å². The number of hydrogen-bond donors (Lipinski definition) is 4. The molecule has 0 spiro atoms. The first-order valence-corrected chi connectivity index (χ1v) is 16.8. The van der Waals surface area contributed by atoms with Crippen LogP contribution in [0.1, 0.15) is 128 Å². The van der Waals surface area contributed by atoms with Crippen LogP contribution in [0.5, 0.6) is 0 Å². The highest BCUT2D eigenvalue weighted by molar-refractivity contribution is 5.91. The monoisotopic (exact) mass is 642 g/mol. The molecule has 0 bridgehead atoms. The molecule has 0 aromatic heterocycles. The number of hydrogen-bond acceptors (Lipinski definition) is 8. The first-order valence-electron chi connectivity index (χ1n) is 16.8. The molecule has 46 heavy (non-hydrogen) atoms. The van der Waals surface area contributed by atoms with Gasteiger partial charge in [-0.15, -0.1) is 0 Å². The number of nitrogens with one attached hydrogen (secondary N) is 2. The van der Waals surface area contributed by atoms with Crippen LogP contribution in [-0.2, 0) is 41.8 Å². The van der Waals surface area contributed by atoms with Crippen LogP contribution in [0.25, 0.3) is 0 Å². The SMILES string of the molecule is CCCCCCCCCC(=O)Nc1ccc(CC(=O)OO)cc1.CCCCCCCCCC(=O)Nc1ccc(CC(=O)OO)cc1. The van der Waals surface area contributed by atoms with Crippen molar-refractivity contribution in [3.63, 3.8) is 0 Å². The second-order valence-electron chi connectivity index (χ2n) is 11.5. The zero-order valence-electron chi connectivity index (χ0n) is 27.7. The first kappa shape index (κ1) is 40.3. The number of unbranched alkanes of at least 4 members (excludes halogenated alkanes) is 12. The van der Waals surface area contributed by atoms with Crippen LogP contribution < -0.4 is 10.6 Å². The minimum absolute atomic E-state index is 0.00274. The van der Waals surface area contributed by atoms with Crippen LogP contribution in [0.15, 0.2) is 48.5 Å². The summed E-state index contributed by atoms with van der Waals surface area (Å²) in [6, 6.07) is 13.8. The summed E-state index contributed by atoms with van der Waals surface area (Å²) < 4.78 is 0. The fourth-order valence-electron chi connectivity index (χ4n) is 4.74. The average molecular weight is 643 g/mol. The number of anilines is 2. The van der Waals surface area contributed by atoms with Gasteiger partial charge in [0.2, 0.25) is 11.8 Å². The van der Waals surface area contributed by atoms with Crippen LogP contribution in [-0.4, -0.2) is 34.3 Å². The van der Waals surface area contributed by atoms with Gasteiger partial charge in [-0.05, 0) is 48.2 Å². The molecule has 0 heterocycles. The van der Waals surface area contributed by atoms with E-state index in [9.17, 15) is 19.2 Å². The van der Waals surface area contributed by atoms with Gasteiger partial charge in [0.25, 0.3) is 0 Å². The van der Waals surface area contributed by atoms with Gasteiger partial charge in [-0.1, -0.05) is 115 Å². The first-order chi connectivity index (χ1) is 22.3. The van der Waals surface area contributed by atoms with Crippen LogP contribution in [0.2, 0.25) is 0 Å². The van der Waals surface area contributed by atoms with Gasteiger partial charge >= 0.3 is 11.9 Å². The second-order valence-corrected chi connectivity index (χ2v) is 11.5. The molecule has 256 valence electrons. The van der Waals surface area contributed by atoms with E-state index >= 15 is 0 Å². The predicted molar refractivity (Wildman–Crippen MR) is 180 cm³/mol. The Bertz CT molecular complexity index is 1030. The largest absolute Gasteiger partial charge is 0.346 e. The summed E-state index contributed by atoms with van der Waals surface area (Å²) in [5, 5.41) is 22.1. The highest BCUT2D eigenvalue weighted by Crippen LogP contribution is 2.14. The molecule has 0 unspecified atom stereocenters. The molecule has 0 saturated heterocycles. The fraction of sp³-hybridized carbons (Fsp3) is 0.556. The molecule has 2 amide bonds. The average Bonchev–Trinajstić information content (AvgIpc) is 3.06. The molecule has 2 aromatic carbocycles. The van der Waals surface area contributed by atoms with E-state index in [0.29, 0.717) is 35.3 Å². The zero-order valence-corrected chi connectivity index (χ0v) is 27.7. The Morgan fingerprint density at radius 2 is 0.804 bits per heavy atom. The number of benzene rings is 2. The Balaban J connectivity index is 0.000000460. The van der Waals surface area contributed by atoms with E-state index in [0.717, 1.165) is 25.7 Å². The van der Waals surface area contributed by atoms with Crippen molar-refractivity contribution >= 4 is 35.1 Å². The summed E-state index contributed by atoms with van der Waals surface area (Å²) in [4.78, 5) is 52.8. The van der Waals surface area contributed by atoms with Gasteiger partial charge in [-0.3, -0.25) is 9.59 Å². The number of carbonyl (C=O) groups is 4. The molecular formula is C36H54N2O8. The third-order valence-corrected chi connectivity index (χ3v) is 7.39. The lowest BCUT2D eigenvalue weighted by Gasteiger charge is -2.06. The summed E-state index contributed by atoms with van der Waals surface area (Å²) in [6.07, 6.45) is 17.7. The molecule has 0 radical (unpaired) electrons. The van der Waals surface area contributed by atoms with Gasteiger partial charge in [0.1, 0.15) is 0 Å². The van der Waals surface area contributed by atoms with E-state index < -0.39 is 11.9 Å². The highest BCUT2D eigenvalue weighted by atomic mass is 17.1. The summed E-state index contributed by atoms with van der Waals surface area (Å²) in [5.41, 5.74) is 2.85. The van der Waals surface area contributed by atoms with E-state index in [2.05, 4.69) is 34.3 Å². The van der Waals surface area contributed by atoms with Crippen LogP contribution >= 0.6 is 0 Å². The lowest BCUT2D eigenvalue weighted by molar-refractivity contribution is -0.233. The van der Waals surface area contributed by atoms with Crippen molar-refractivity contribution in [2.45, 2.75) is 129 Å². The molecule has 0 fully saturated rings. The molecule has 0 aliphatic rings. The van der Waals surface area contributed by atoms with E-state index in [-0.39, 0.29) is 24.7 Å². The molecule has 4 N–H and O–H groups in total. The standard InChI is InChI=1S/2C18H27NO4/c2*1-2-3-4-5-6-7-8-9-17(20)19-16-12-10-15(11-13-16)14-18(21)23-22/h2*10-13,22H,2-9,14H2,1H3,(H,19,20). The number of rotatable bonds is 22. The maximum Gasteiger partial charge on any atom is 0.346 e. The van der Waals surface area contributed by atoms with E-state index in [1.54, 1.807) is 48.5 Å². The van der Waals surface area contributed by atoms with Gasteiger partial charge in [0.05, 0.1) is 12.8 Å². The molecule has 0 atom stereocenters. The lowest BCUT2D eigenvalue weighted by Crippen LogP contribution is -2.11. The van der Waals surface area contributed by atoms with Crippen molar-refractivity contribution < 1.29 is 39.5 Å². The summed E-state index contributed by atoms with van der Waals surface area (Å²) >= 11 is 0. The smallest absolute Gasteiger partial charge is 0.326 e. The summed E-state index contributed by atoms with van der Waals surface area (Å²) in [7, 11) is 0. The molecule has 2 rings (SSSR count). The minimum atomic E-state index is -0.708. The number of carbonyl (C=O) groups excluding carboxylic acids is 4. The topological polar surface area (TPSA) is 151 Å². The number of amides is 2. The van der Waals surface area contributed by atoms with Crippen LogP contribution in [0.4, 0.5) is 11.4 Å². The van der Waals surface area contributed by atoms with E-state index in [1.165, 1.54) is 64.2 Å². The van der Waals surface area contributed by atoms with Crippen molar-refractivity contribution in [1.29, 1.82) is 0 Å². The van der Waals surface area contributed by atoms with Gasteiger partial charge in [0, 0.05) is 24.2 Å². The molecule has 2 aromatic rings. The Morgan fingerprint density at radius 3 is 1.11 bits per heavy atom. The molecule has 0 aliphatic carbocycles. The third-order valence-electron chi connectivity index (χ3n) is 7.39. The Hall–Kier alpha value is -3.76. The van der Waals surface area contributed by atoms with E-state index in [1.807, 2.05) is 0 Å². The molecule has 10 nitrogen and oxygen atoms in total. The van der Waals surface area contributed by atoms with Crippen LogP contribution in [0, 0.1) is 0 Å². The Labute approximate surface area is 274 Å². The highest BCUT2D eigenvalue weighted by Gasteiger charge is 2.07. The summed E-state index contributed by atoms with van der Waals surface area (Å²) in [6.45, 7) is 4.41. The van der Waals surface area contributed by atoms with Crippen LogP contribution in [0.3, 0.4) is 0 Å². The molecule has 0 saturated carbocycles. The van der Waals surface area contributed by atoms with Gasteiger partial charge in [0.15, 0.2) is 0 Å². The second kappa shape index (κ2) is 26.5. The molecule has 10 heteroatoms. The third kappa shape index (κ3) is 21.1. The Kier molecular flexibility index (Phi) is 23.2. The molecular weight excluding hydrogens is 588 g/mol. The molecule has 0 aliphatic heterocycles. The Morgan fingerprint density at radius 1 is 0.500 bits per heavy atom. The maximum atomic E-state index is 11.8. The fourth-order valence-corrected chi connectivity index (χ4v) is 4.74. The normalized spacial score (nSPS) is 10.3. The van der Waals surface area contributed by atoms with Gasteiger partial charge in [-0.2, -0.15) is 10.5 Å². The zero-order chi connectivity index (χ0) is 33.8. The quantitative estimate of drug-likeness (QED) is 0.0566. The maximum absolute atomic E-state index is 11.8. The van der Waals surface area contributed by atoms with Crippen molar-refractivity contribution in [3.8, 4) is 0 Å². The van der Waals surface area contributed by atoms with E-state index in [4.69, 9.17) is 10.5 Å². The predicted octanol–water partition coefficient (Wildman–Crippen LogP) is 8.65.